The van der Waals surface area contributed by atoms with Gasteiger partial charge in [-0.3, -0.25) is 4.79 Å². The zero-order valence-electron chi connectivity index (χ0n) is 18.2. The number of nitrogens with zero attached hydrogens (tertiary/aromatic N) is 2. The monoisotopic (exact) mass is 489 g/mol. The lowest BCUT2D eigenvalue weighted by atomic mass is 9.90. The van der Waals surface area contributed by atoms with Crippen molar-refractivity contribution in [1.82, 2.24) is 9.55 Å². The number of imidazole rings is 1. The van der Waals surface area contributed by atoms with Crippen LogP contribution >= 0.6 is 23.2 Å². The van der Waals surface area contributed by atoms with Gasteiger partial charge in [0.15, 0.2) is 11.4 Å². The maximum absolute atomic E-state index is 11.3. The fourth-order valence-electron chi connectivity index (χ4n) is 3.92. The van der Waals surface area contributed by atoms with Crippen molar-refractivity contribution in [3.05, 3.63) is 81.9 Å². The number of carbonyl (C=O) groups excluding carboxylic acids is 1. The lowest BCUT2D eigenvalue weighted by Gasteiger charge is -2.41. The summed E-state index contributed by atoms with van der Waals surface area (Å²) >= 11 is 12.3. The summed E-state index contributed by atoms with van der Waals surface area (Å²) in [5.74, 6) is -0.152. The standard InChI is InChI=1S/C24H25Cl2N3O4/c1-14-20(11-29-13-27-22(25)23(29)26)32-24(18-7-9-19(10-8-18)28-15(2)31)33-21(14)17-5-3-16(12-30)4-6-17/h3-10,13-14,20-21,24,30H,11-12H2,1-2H3,(H,28,31). The van der Waals surface area contributed by atoms with Crippen LogP contribution < -0.4 is 5.32 Å². The molecule has 174 valence electrons. The number of benzene rings is 2. The van der Waals surface area contributed by atoms with Crippen molar-refractivity contribution in [3.8, 4) is 0 Å². The van der Waals surface area contributed by atoms with Crippen LogP contribution in [0.1, 0.15) is 42.9 Å². The molecule has 0 spiro atoms. The van der Waals surface area contributed by atoms with Gasteiger partial charge in [0.05, 0.1) is 31.7 Å². The van der Waals surface area contributed by atoms with Gasteiger partial charge in [-0.15, -0.1) is 0 Å². The van der Waals surface area contributed by atoms with Crippen LogP contribution in [-0.2, 0) is 27.4 Å². The van der Waals surface area contributed by atoms with Gasteiger partial charge < -0.3 is 24.5 Å². The molecule has 4 unspecified atom stereocenters. The number of aliphatic hydroxyl groups excluding tert-OH is 1. The van der Waals surface area contributed by atoms with Crippen LogP contribution in [-0.4, -0.2) is 26.7 Å². The predicted octanol–water partition coefficient (Wildman–Crippen LogP) is 5.13. The molecule has 2 aromatic carbocycles. The van der Waals surface area contributed by atoms with Crippen molar-refractivity contribution >= 4 is 34.8 Å². The van der Waals surface area contributed by atoms with Crippen LogP contribution in [0.5, 0.6) is 0 Å². The summed E-state index contributed by atoms with van der Waals surface area (Å²) in [6, 6.07) is 15.1. The number of carbonyl (C=O) groups is 1. The minimum atomic E-state index is -0.627. The summed E-state index contributed by atoms with van der Waals surface area (Å²) in [6.45, 7) is 3.97. The van der Waals surface area contributed by atoms with Crippen molar-refractivity contribution in [1.29, 1.82) is 0 Å². The van der Waals surface area contributed by atoms with Gasteiger partial charge in [-0.25, -0.2) is 4.98 Å². The first-order chi connectivity index (χ1) is 15.9. The minimum Gasteiger partial charge on any atom is -0.392 e. The Labute approximate surface area is 202 Å². The zero-order valence-corrected chi connectivity index (χ0v) is 19.8. The second-order valence-corrected chi connectivity index (χ2v) is 8.82. The Balaban J connectivity index is 1.63. The molecule has 2 N–H and O–H groups in total. The molecule has 0 saturated carbocycles. The molecule has 4 rings (SSSR count). The van der Waals surface area contributed by atoms with E-state index in [-0.39, 0.29) is 35.8 Å². The van der Waals surface area contributed by atoms with E-state index in [0.29, 0.717) is 17.4 Å². The molecule has 2 heterocycles. The average Bonchev–Trinajstić information content (AvgIpc) is 3.13. The summed E-state index contributed by atoms with van der Waals surface area (Å²) in [4.78, 5) is 15.4. The Morgan fingerprint density at radius 3 is 2.33 bits per heavy atom. The van der Waals surface area contributed by atoms with Crippen LogP contribution in [0.25, 0.3) is 0 Å². The van der Waals surface area contributed by atoms with Gasteiger partial charge in [0.2, 0.25) is 5.91 Å². The summed E-state index contributed by atoms with van der Waals surface area (Å²) < 4.78 is 14.5. The van der Waals surface area contributed by atoms with Crippen LogP contribution in [0.2, 0.25) is 10.3 Å². The third-order valence-electron chi connectivity index (χ3n) is 5.74. The Hall–Kier alpha value is -2.42. The minimum absolute atomic E-state index is 0.0166. The highest BCUT2D eigenvalue weighted by molar-refractivity contribution is 6.40. The first kappa shape index (κ1) is 23.7. The van der Waals surface area contributed by atoms with E-state index >= 15 is 0 Å². The maximum Gasteiger partial charge on any atom is 0.221 e. The predicted molar refractivity (Wildman–Crippen MR) is 126 cm³/mol. The SMILES string of the molecule is CC(=O)Nc1ccc(C2OC(Cn3cnc(Cl)c3Cl)C(C)C(c3ccc(CO)cc3)O2)cc1. The lowest BCUT2D eigenvalue weighted by molar-refractivity contribution is -0.276. The smallest absolute Gasteiger partial charge is 0.221 e. The molecular formula is C24H25Cl2N3O4. The highest BCUT2D eigenvalue weighted by Crippen LogP contribution is 2.42. The number of aliphatic hydroxyl groups is 1. The topological polar surface area (TPSA) is 85.6 Å². The molecule has 1 aliphatic heterocycles. The molecule has 1 aromatic heterocycles. The summed E-state index contributed by atoms with van der Waals surface area (Å²) in [5, 5.41) is 12.8. The van der Waals surface area contributed by atoms with Gasteiger partial charge in [0.1, 0.15) is 5.15 Å². The van der Waals surface area contributed by atoms with E-state index in [2.05, 4.69) is 17.2 Å². The first-order valence-electron chi connectivity index (χ1n) is 10.6. The highest BCUT2D eigenvalue weighted by Gasteiger charge is 2.38. The summed E-state index contributed by atoms with van der Waals surface area (Å²) in [7, 11) is 0. The number of nitrogens with one attached hydrogen (secondary N) is 1. The quantitative estimate of drug-likeness (QED) is 0.500. The molecular weight excluding hydrogens is 465 g/mol. The number of ether oxygens (including phenoxy) is 2. The van der Waals surface area contributed by atoms with E-state index in [1.807, 2.05) is 48.5 Å². The number of rotatable bonds is 6. The van der Waals surface area contributed by atoms with E-state index in [4.69, 9.17) is 32.7 Å². The van der Waals surface area contributed by atoms with Crippen molar-refractivity contribution in [2.75, 3.05) is 5.32 Å². The molecule has 9 heteroatoms. The van der Waals surface area contributed by atoms with Crippen molar-refractivity contribution in [3.63, 3.8) is 0 Å². The van der Waals surface area contributed by atoms with E-state index in [1.54, 1.807) is 10.9 Å². The third kappa shape index (κ3) is 5.39. The van der Waals surface area contributed by atoms with Gasteiger partial charge >= 0.3 is 0 Å². The second-order valence-electron chi connectivity index (χ2n) is 8.10. The fraction of sp³-hybridized carbons (Fsp3) is 0.333. The number of hydrogen-bond donors (Lipinski definition) is 2. The zero-order chi connectivity index (χ0) is 23.5. The van der Waals surface area contributed by atoms with E-state index in [9.17, 15) is 9.90 Å². The fourth-order valence-corrected chi connectivity index (χ4v) is 4.23. The van der Waals surface area contributed by atoms with Crippen LogP contribution in [0.3, 0.4) is 0 Å². The maximum atomic E-state index is 11.3. The number of hydrogen-bond acceptors (Lipinski definition) is 5. The molecule has 1 amide bonds. The largest absolute Gasteiger partial charge is 0.392 e. The van der Waals surface area contributed by atoms with Crippen molar-refractivity contribution < 1.29 is 19.4 Å². The Bertz CT molecular complexity index is 1100. The molecule has 0 radical (unpaired) electrons. The van der Waals surface area contributed by atoms with Gasteiger partial charge in [-0.2, -0.15) is 0 Å². The molecule has 7 nitrogen and oxygen atoms in total. The van der Waals surface area contributed by atoms with Crippen LogP contribution in [0.4, 0.5) is 5.69 Å². The molecule has 4 atom stereocenters. The molecule has 33 heavy (non-hydrogen) atoms. The average molecular weight is 490 g/mol. The van der Waals surface area contributed by atoms with Gasteiger partial charge in [0.25, 0.3) is 0 Å². The molecule has 0 aliphatic carbocycles. The van der Waals surface area contributed by atoms with E-state index < -0.39 is 6.29 Å². The number of anilines is 1. The molecule has 1 saturated heterocycles. The first-order valence-corrected chi connectivity index (χ1v) is 11.4. The normalized spacial score (nSPS) is 22.8. The number of aromatic nitrogens is 2. The summed E-state index contributed by atoms with van der Waals surface area (Å²) in [5.41, 5.74) is 3.35. The van der Waals surface area contributed by atoms with Gasteiger partial charge in [0, 0.05) is 24.1 Å². The Kier molecular flexibility index (Phi) is 7.36. The Morgan fingerprint density at radius 1 is 1.09 bits per heavy atom. The van der Waals surface area contributed by atoms with Crippen LogP contribution in [0.15, 0.2) is 54.9 Å². The summed E-state index contributed by atoms with van der Waals surface area (Å²) in [6.07, 6.45) is 0.467. The third-order valence-corrected chi connectivity index (χ3v) is 6.51. The van der Waals surface area contributed by atoms with Crippen LogP contribution in [0, 0.1) is 5.92 Å². The van der Waals surface area contributed by atoms with E-state index in [0.717, 1.165) is 16.7 Å². The van der Waals surface area contributed by atoms with Crippen molar-refractivity contribution in [2.24, 2.45) is 5.92 Å². The van der Waals surface area contributed by atoms with Gasteiger partial charge in [-0.05, 0) is 23.3 Å². The number of amides is 1. The molecule has 3 aromatic rings. The van der Waals surface area contributed by atoms with Gasteiger partial charge in [-0.1, -0.05) is 66.5 Å². The number of halogens is 2. The molecule has 1 fully saturated rings. The second kappa shape index (κ2) is 10.2. The lowest BCUT2D eigenvalue weighted by Crippen LogP contribution is -2.39. The van der Waals surface area contributed by atoms with Crippen molar-refractivity contribution in [2.45, 2.75) is 45.5 Å². The van der Waals surface area contributed by atoms with E-state index in [1.165, 1.54) is 6.92 Å². The highest BCUT2D eigenvalue weighted by atomic mass is 35.5. The Morgan fingerprint density at radius 2 is 1.76 bits per heavy atom. The molecule has 1 aliphatic rings. The molecule has 0 bridgehead atoms.